The molecule has 44 heavy (non-hydrogen) atoms. The molecular weight excluding hydrogens is 632 g/mol. The van der Waals surface area contributed by atoms with Crippen molar-refractivity contribution < 1.29 is 59.0 Å². The van der Waals surface area contributed by atoms with Crippen LogP contribution in [0.3, 0.4) is 0 Å². The molecule has 0 unspecified atom stereocenters. The highest BCUT2D eigenvalue weighted by Crippen LogP contribution is 2.43. The van der Waals surface area contributed by atoms with Gasteiger partial charge in [0.05, 0.1) is 17.7 Å². The number of rotatable bonds is 13. The Balaban J connectivity index is 1.70. The van der Waals surface area contributed by atoms with Gasteiger partial charge < -0.3 is 24.5 Å². The monoisotopic (exact) mass is 666 g/mol. The van der Waals surface area contributed by atoms with E-state index >= 15 is 0 Å². The standard InChI is InChI=1S/C27H34F3N2O10PS/c1-26(2,19-10-12-21(20(15-19)25(31)34)40-16-18-6-4-3-5-7-18)32-24(33)13-9-17-8-11-22(23(14-17)41-43(35,36)37)42-44(38,39)27(28,29)30/h8,10-12,14-15,18H,3-7,9,13,16H2,1-2H3,(H2,31,34)(H,32,33)(H2,35,36,37). The van der Waals surface area contributed by atoms with Crippen molar-refractivity contribution in [3.8, 4) is 17.2 Å². The fraction of sp³-hybridized carbons (Fsp3) is 0.481. The molecule has 0 radical (unpaired) electrons. The second kappa shape index (κ2) is 13.8. The SMILES string of the molecule is CC(C)(NC(=O)CCc1ccc(OS(=O)(=O)C(F)(F)F)c(OP(=O)(O)O)c1)c1ccc(OCC2CCCCC2)c(C(N)=O)c1. The molecule has 5 N–H and O–H groups in total. The van der Waals surface area contributed by atoms with Crippen molar-refractivity contribution in [3.05, 3.63) is 53.1 Å². The molecule has 1 fully saturated rings. The van der Waals surface area contributed by atoms with Crippen LogP contribution >= 0.6 is 7.82 Å². The normalized spacial score (nSPS) is 15.0. The summed E-state index contributed by atoms with van der Waals surface area (Å²) in [6.45, 7) is 3.84. The van der Waals surface area contributed by atoms with Crippen LogP contribution in [-0.2, 0) is 31.4 Å². The molecule has 244 valence electrons. The summed E-state index contributed by atoms with van der Waals surface area (Å²) in [6, 6.07) is 7.54. The number of nitrogens with two attached hydrogens (primary N) is 1. The van der Waals surface area contributed by atoms with Gasteiger partial charge in [-0.2, -0.15) is 21.6 Å². The number of carbonyl (C=O) groups is 2. The third kappa shape index (κ3) is 9.84. The highest BCUT2D eigenvalue weighted by Gasteiger charge is 2.49. The van der Waals surface area contributed by atoms with Crippen LogP contribution in [0, 0.1) is 5.92 Å². The van der Waals surface area contributed by atoms with Crippen LogP contribution in [0.5, 0.6) is 17.2 Å². The summed E-state index contributed by atoms with van der Waals surface area (Å²) in [4.78, 5) is 43.3. The van der Waals surface area contributed by atoms with Crippen LogP contribution in [0.4, 0.5) is 13.2 Å². The highest BCUT2D eigenvalue weighted by atomic mass is 32.2. The van der Waals surface area contributed by atoms with E-state index in [1.54, 1.807) is 26.0 Å². The molecule has 2 aromatic carbocycles. The molecule has 3 rings (SSSR count). The summed E-state index contributed by atoms with van der Waals surface area (Å²) in [5.74, 6) is -2.54. The quantitative estimate of drug-likeness (QED) is 0.135. The molecule has 0 spiro atoms. The molecule has 17 heteroatoms. The number of nitrogens with one attached hydrogen (secondary N) is 1. The maximum Gasteiger partial charge on any atom is 0.534 e. The Hall–Kier alpha value is -3.33. The van der Waals surface area contributed by atoms with E-state index in [1.807, 2.05) is 0 Å². The zero-order valence-electron chi connectivity index (χ0n) is 23.9. The van der Waals surface area contributed by atoms with Gasteiger partial charge in [0.15, 0.2) is 11.5 Å². The Morgan fingerprint density at radius 2 is 1.66 bits per heavy atom. The molecule has 0 heterocycles. The number of ether oxygens (including phenoxy) is 1. The molecule has 12 nitrogen and oxygen atoms in total. The number of hydrogen-bond acceptors (Lipinski definition) is 8. The van der Waals surface area contributed by atoms with Crippen molar-refractivity contribution in [1.82, 2.24) is 5.32 Å². The van der Waals surface area contributed by atoms with Gasteiger partial charge in [0, 0.05) is 6.42 Å². The van der Waals surface area contributed by atoms with E-state index in [9.17, 15) is 35.7 Å². The first-order valence-corrected chi connectivity index (χ1v) is 16.5. The van der Waals surface area contributed by atoms with E-state index in [4.69, 9.17) is 20.3 Å². The Kier molecular flexibility index (Phi) is 11.0. The van der Waals surface area contributed by atoms with Gasteiger partial charge in [-0.25, -0.2) is 4.57 Å². The third-order valence-corrected chi connectivity index (χ3v) is 8.37. The van der Waals surface area contributed by atoms with Crippen LogP contribution in [0.1, 0.15) is 73.9 Å². The predicted molar refractivity (Wildman–Crippen MR) is 151 cm³/mol. The fourth-order valence-corrected chi connectivity index (χ4v) is 5.55. The number of carbonyl (C=O) groups excluding carboxylic acids is 2. The summed E-state index contributed by atoms with van der Waals surface area (Å²) in [7, 11) is -11.5. The van der Waals surface area contributed by atoms with Crippen molar-refractivity contribution in [1.29, 1.82) is 0 Å². The third-order valence-electron chi connectivity index (χ3n) is 6.97. The number of phosphoric ester groups is 1. The number of halogens is 3. The van der Waals surface area contributed by atoms with Crippen molar-refractivity contribution >= 4 is 29.8 Å². The summed E-state index contributed by atoms with van der Waals surface area (Å²) >= 11 is 0. The van der Waals surface area contributed by atoms with E-state index in [2.05, 4.69) is 14.0 Å². The number of amides is 2. The molecule has 1 aliphatic carbocycles. The van der Waals surface area contributed by atoms with Crippen LogP contribution in [0.2, 0.25) is 0 Å². The van der Waals surface area contributed by atoms with Crippen molar-refractivity contribution in [2.75, 3.05) is 6.61 Å². The van der Waals surface area contributed by atoms with Crippen molar-refractivity contribution in [3.63, 3.8) is 0 Å². The molecule has 0 atom stereocenters. The molecular formula is C27H34F3N2O10PS. The number of phosphoric acid groups is 1. The lowest BCUT2D eigenvalue weighted by Gasteiger charge is -2.28. The lowest BCUT2D eigenvalue weighted by atomic mass is 9.90. The Bertz CT molecular complexity index is 1520. The number of hydrogen-bond donors (Lipinski definition) is 4. The molecule has 2 aromatic rings. The predicted octanol–water partition coefficient (Wildman–Crippen LogP) is 4.43. The van der Waals surface area contributed by atoms with Gasteiger partial charge >= 0.3 is 23.4 Å². The highest BCUT2D eigenvalue weighted by molar-refractivity contribution is 7.88. The first-order valence-electron chi connectivity index (χ1n) is 13.5. The van der Waals surface area contributed by atoms with E-state index in [-0.39, 0.29) is 24.0 Å². The Morgan fingerprint density at radius 3 is 2.25 bits per heavy atom. The zero-order valence-corrected chi connectivity index (χ0v) is 25.6. The van der Waals surface area contributed by atoms with Crippen molar-refractivity contribution in [2.24, 2.45) is 11.7 Å². The Morgan fingerprint density at radius 1 is 1.02 bits per heavy atom. The zero-order chi connectivity index (χ0) is 32.9. The van der Waals surface area contributed by atoms with Gasteiger partial charge in [-0.3, -0.25) is 19.4 Å². The summed E-state index contributed by atoms with van der Waals surface area (Å²) in [6.07, 6.45) is 5.29. The van der Waals surface area contributed by atoms with Crippen LogP contribution in [-0.4, -0.2) is 42.1 Å². The first-order chi connectivity index (χ1) is 20.3. The molecule has 2 amide bonds. The van der Waals surface area contributed by atoms with Gasteiger partial charge in [0.2, 0.25) is 5.91 Å². The number of aryl methyl sites for hydroxylation is 1. The molecule has 0 aromatic heterocycles. The number of benzene rings is 2. The minimum atomic E-state index is -6.17. The number of alkyl halides is 3. The maximum atomic E-state index is 12.8. The van der Waals surface area contributed by atoms with E-state index in [0.29, 0.717) is 29.9 Å². The molecule has 0 aliphatic heterocycles. The largest absolute Gasteiger partial charge is 0.534 e. The minimum Gasteiger partial charge on any atom is -0.492 e. The minimum absolute atomic E-state index is 0.0911. The van der Waals surface area contributed by atoms with Gasteiger partial charge in [0.25, 0.3) is 5.91 Å². The molecule has 1 aliphatic rings. The topological polar surface area (TPSA) is 192 Å². The fourth-order valence-electron chi connectivity index (χ4n) is 4.68. The molecule has 0 bridgehead atoms. The average molecular weight is 667 g/mol. The van der Waals surface area contributed by atoms with Crippen molar-refractivity contribution in [2.45, 2.75) is 69.8 Å². The second-order valence-corrected chi connectivity index (χ2v) is 13.6. The van der Waals surface area contributed by atoms with Gasteiger partial charge in [-0.05, 0) is 74.4 Å². The summed E-state index contributed by atoms with van der Waals surface area (Å²) < 4.78 is 86.5. The second-order valence-electron chi connectivity index (χ2n) is 10.9. The van der Waals surface area contributed by atoms with E-state index in [1.165, 1.54) is 12.5 Å². The number of primary amides is 1. The van der Waals surface area contributed by atoms with Gasteiger partial charge in [-0.15, -0.1) is 0 Å². The van der Waals surface area contributed by atoms with Gasteiger partial charge in [0.1, 0.15) is 5.75 Å². The smallest absolute Gasteiger partial charge is 0.492 e. The lowest BCUT2D eigenvalue weighted by molar-refractivity contribution is -0.122. The summed E-state index contributed by atoms with van der Waals surface area (Å²) in [5.41, 5.74) is -0.335. The first kappa shape index (κ1) is 35.2. The van der Waals surface area contributed by atoms with Crippen LogP contribution < -0.4 is 24.5 Å². The molecule has 1 saturated carbocycles. The van der Waals surface area contributed by atoms with E-state index in [0.717, 1.165) is 37.8 Å². The Labute approximate surface area is 252 Å². The maximum absolute atomic E-state index is 12.8. The summed E-state index contributed by atoms with van der Waals surface area (Å²) in [5, 5.41) is 2.81. The lowest BCUT2D eigenvalue weighted by Crippen LogP contribution is -2.41. The van der Waals surface area contributed by atoms with Gasteiger partial charge in [-0.1, -0.05) is 31.4 Å². The molecule has 0 saturated heterocycles. The average Bonchev–Trinajstić information content (AvgIpc) is 2.90. The van der Waals surface area contributed by atoms with Crippen LogP contribution in [0.25, 0.3) is 0 Å². The van der Waals surface area contributed by atoms with Crippen LogP contribution in [0.15, 0.2) is 36.4 Å². The van der Waals surface area contributed by atoms with E-state index < -0.39 is 52.3 Å².